The number of aliphatic hydroxyl groups excluding tert-OH is 1. The van der Waals surface area contributed by atoms with Gasteiger partial charge in [0, 0.05) is 13.0 Å². The van der Waals surface area contributed by atoms with E-state index in [0.29, 0.717) is 42.0 Å². The summed E-state index contributed by atoms with van der Waals surface area (Å²) >= 11 is 6.70. The molecule has 11 heteroatoms. The number of hydrogen-bond acceptors (Lipinski definition) is 7. The Morgan fingerprint density at radius 1 is 1.16 bits per heavy atom. The molecule has 3 aliphatic rings. The standard InChI is InChI=1S/C40H50ClN3O7/c1-7-10-19-31(46)42-26(6)35(27-16-12-11-13-17-27)50-39(49)32-30-20-21-40(51-30)33(32)37(47)44(29(23-45)24(4)9-3)36(40)38(48)43(22-8-2)34-25(5)15-14-18-28(34)41/h7-8,11-18,24,26,29-30,32-33,35-36,45H,1-2,9-10,19-23H2,3-6H3,(H,42,46)/t24-,26+,29-,30+,32-,33-,35+,36+,40-/m0/s1. The minimum absolute atomic E-state index is 0.111. The fraction of sp³-hybridized carbons (Fsp3) is 0.500. The molecular weight excluding hydrogens is 670 g/mol. The van der Waals surface area contributed by atoms with Crippen molar-refractivity contribution >= 4 is 41.0 Å². The highest BCUT2D eigenvalue weighted by atomic mass is 35.5. The normalized spacial score (nSPS) is 25.8. The highest BCUT2D eigenvalue weighted by Gasteiger charge is 2.76. The van der Waals surface area contributed by atoms with E-state index in [-0.39, 0.29) is 31.4 Å². The number of aliphatic hydroxyl groups is 1. The average Bonchev–Trinajstić information content (AvgIpc) is 3.77. The number of likely N-dealkylation sites (tertiary alicyclic amines) is 1. The number of ether oxygens (including phenoxy) is 2. The van der Waals surface area contributed by atoms with Crippen LogP contribution in [0.4, 0.5) is 5.69 Å². The van der Waals surface area contributed by atoms with Crippen LogP contribution in [0.15, 0.2) is 73.8 Å². The first-order chi connectivity index (χ1) is 24.4. The zero-order chi connectivity index (χ0) is 37.0. The van der Waals surface area contributed by atoms with E-state index in [1.165, 1.54) is 9.80 Å². The van der Waals surface area contributed by atoms with Gasteiger partial charge in [-0.05, 0) is 56.2 Å². The topological polar surface area (TPSA) is 125 Å². The highest BCUT2D eigenvalue weighted by Crippen LogP contribution is 2.60. The summed E-state index contributed by atoms with van der Waals surface area (Å²) in [6.07, 6.45) is 3.93. The van der Waals surface area contributed by atoms with Crippen molar-refractivity contribution < 1.29 is 33.8 Å². The second kappa shape index (κ2) is 16.1. The third-order valence-corrected chi connectivity index (χ3v) is 11.2. The van der Waals surface area contributed by atoms with Crippen LogP contribution in [0.25, 0.3) is 0 Å². The lowest BCUT2D eigenvalue weighted by atomic mass is 9.70. The van der Waals surface area contributed by atoms with Gasteiger partial charge < -0.3 is 29.7 Å². The maximum atomic E-state index is 15.1. The van der Waals surface area contributed by atoms with Crippen LogP contribution >= 0.6 is 11.6 Å². The fourth-order valence-electron chi connectivity index (χ4n) is 8.28. The third kappa shape index (κ3) is 7.10. The van der Waals surface area contributed by atoms with Gasteiger partial charge in [0.2, 0.25) is 11.8 Å². The van der Waals surface area contributed by atoms with Crippen molar-refractivity contribution in [3.8, 4) is 0 Å². The number of esters is 1. The van der Waals surface area contributed by atoms with Crippen LogP contribution in [-0.2, 0) is 28.7 Å². The first-order valence-electron chi connectivity index (χ1n) is 17.9. The third-order valence-electron chi connectivity index (χ3n) is 10.9. The molecule has 5 rings (SSSR count). The fourth-order valence-corrected chi connectivity index (χ4v) is 8.61. The van der Waals surface area contributed by atoms with Gasteiger partial charge in [-0.25, -0.2) is 0 Å². The number of aryl methyl sites for hydroxylation is 1. The van der Waals surface area contributed by atoms with Crippen molar-refractivity contribution in [2.24, 2.45) is 17.8 Å². The van der Waals surface area contributed by atoms with Gasteiger partial charge in [-0.3, -0.25) is 19.2 Å². The summed E-state index contributed by atoms with van der Waals surface area (Å²) in [4.78, 5) is 60.1. The van der Waals surface area contributed by atoms with E-state index < -0.39 is 65.6 Å². The molecule has 2 N–H and O–H groups in total. The molecule has 0 saturated carbocycles. The molecule has 0 aromatic heterocycles. The number of fused-ring (bicyclic) bond motifs is 1. The Hall–Kier alpha value is -3.99. The molecule has 1 spiro atoms. The minimum atomic E-state index is -1.34. The SMILES string of the molecule is C=CCCC(=O)N[C@H](C)[C@@H](OC(=O)[C@@H]1[C@H]2C(=O)N([C@@H](CO)[C@@H](C)CC)[C@H](C(=O)N(CC=C)c3c(C)cccc3Cl)[C@]23CC[C@H]1O3)c1ccccc1. The molecule has 51 heavy (non-hydrogen) atoms. The number of carbonyl (C=O) groups excluding carboxylic acids is 4. The van der Waals surface area contributed by atoms with Crippen LogP contribution in [0.5, 0.6) is 0 Å². The van der Waals surface area contributed by atoms with E-state index in [2.05, 4.69) is 18.5 Å². The van der Waals surface area contributed by atoms with E-state index in [0.717, 1.165) is 5.56 Å². The van der Waals surface area contributed by atoms with Crippen molar-refractivity contribution in [1.82, 2.24) is 10.2 Å². The van der Waals surface area contributed by atoms with Crippen molar-refractivity contribution in [2.75, 3.05) is 18.1 Å². The van der Waals surface area contributed by atoms with E-state index in [4.69, 9.17) is 21.1 Å². The molecule has 9 atom stereocenters. The van der Waals surface area contributed by atoms with E-state index in [1.54, 1.807) is 31.2 Å². The van der Waals surface area contributed by atoms with Gasteiger partial charge >= 0.3 is 5.97 Å². The summed E-state index contributed by atoms with van der Waals surface area (Å²) in [5, 5.41) is 14.1. The molecule has 3 saturated heterocycles. The van der Waals surface area contributed by atoms with Gasteiger partial charge in [0.1, 0.15) is 17.7 Å². The Bertz CT molecular complexity index is 1610. The van der Waals surface area contributed by atoms with Crippen molar-refractivity contribution in [2.45, 2.75) is 95.7 Å². The maximum Gasteiger partial charge on any atom is 0.313 e. The number of anilines is 1. The molecule has 2 bridgehead atoms. The van der Waals surface area contributed by atoms with Gasteiger partial charge in [0.15, 0.2) is 0 Å². The number of para-hydroxylation sites is 1. The van der Waals surface area contributed by atoms with Crippen LogP contribution in [-0.4, -0.2) is 76.7 Å². The number of benzene rings is 2. The van der Waals surface area contributed by atoms with Gasteiger partial charge in [-0.2, -0.15) is 0 Å². The molecule has 3 aliphatic heterocycles. The lowest BCUT2D eigenvalue weighted by Gasteiger charge is -2.41. The lowest BCUT2D eigenvalue weighted by Crippen LogP contribution is -2.60. The van der Waals surface area contributed by atoms with Crippen molar-refractivity contribution in [1.29, 1.82) is 0 Å². The first-order valence-corrected chi connectivity index (χ1v) is 18.3. The van der Waals surface area contributed by atoms with Crippen LogP contribution < -0.4 is 10.2 Å². The van der Waals surface area contributed by atoms with Gasteiger partial charge in [0.25, 0.3) is 5.91 Å². The van der Waals surface area contributed by atoms with E-state index >= 15 is 4.79 Å². The van der Waals surface area contributed by atoms with E-state index in [1.807, 2.05) is 57.2 Å². The zero-order valence-corrected chi connectivity index (χ0v) is 30.7. The van der Waals surface area contributed by atoms with E-state index in [9.17, 15) is 19.5 Å². The molecule has 274 valence electrons. The second-order valence-electron chi connectivity index (χ2n) is 14.0. The second-order valence-corrected chi connectivity index (χ2v) is 14.4. The molecule has 0 unspecified atom stereocenters. The lowest BCUT2D eigenvalue weighted by molar-refractivity contribution is -0.162. The van der Waals surface area contributed by atoms with Crippen LogP contribution in [0.1, 0.15) is 70.1 Å². The van der Waals surface area contributed by atoms with Crippen LogP contribution in [0.2, 0.25) is 5.02 Å². The first kappa shape index (κ1) is 38.2. The molecule has 3 heterocycles. The molecule has 0 aliphatic carbocycles. The average molecular weight is 720 g/mol. The number of nitrogens with one attached hydrogen (secondary N) is 1. The molecule has 2 aromatic rings. The molecule has 3 amide bonds. The minimum Gasteiger partial charge on any atom is -0.455 e. The zero-order valence-electron chi connectivity index (χ0n) is 29.9. The smallest absolute Gasteiger partial charge is 0.313 e. The number of amides is 3. The van der Waals surface area contributed by atoms with Crippen LogP contribution in [0, 0.1) is 24.7 Å². The Balaban J connectivity index is 1.55. The summed E-state index contributed by atoms with van der Waals surface area (Å²) < 4.78 is 13.0. The predicted molar refractivity (Wildman–Crippen MR) is 196 cm³/mol. The Morgan fingerprint density at radius 2 is 1.88 bits per heavy atom. The summed E-state index contributed by atoms with van der Waals surface area (Å²) in [6.45, 7) is 14.8. The van der Waals surface area contributed by atoms with Gasteiger partial charge in [0.05, 0.1) is 47.3 Å². The molecule has 10 nitrogen and oxygen atoms in total. The Labute approximate surface area is 305 Å². The van der Waals surface area contributed by atoms with Gasteiger partial charge in [-0.15, -0.1) is 13.2 Å². The van der Waals surface area contributed by atoms with Crippen molar-refractivity contribution in [3.63, 3.8) is 0 Å². The maximum absolute atomic E-state index is 15.1. The highest BCUT2D eigenvalue weighted by molar-refractivity contribution is 6.34. The largest absolute Gasteiger partial charge is 0.455 e. The van der Waals surface area contributed by atoms with Crippen LogP contribution in [0.3, 0.4) is 0 Å². The molecule has 3 fully saturated rings. The summed E-state index contributed by atoms with van der Waals surface area (Å²) in [5.74, 6) is -3.89. The number of halogens is 1. The monoisotopic (exact) mass is 719 g/mol. The van der Waals surface area contributed by atoms with Gasteiger partial charge in [-0.1, -0.05) is 86.5 Å². The van der Waals surface area contributed by atoms with Crippen molar-refractivity contribution in [3.05, 3.63) is 90.0 Å². The number of carbonyl (C=O) groups is 4. The summed E-state index contributed by atoms with van der Waals surface area (Å²) in [6, 6.07) is 12.1. The number of allylic oxidation sites excluding steroid dienone is 1. The summed E-state index contributed by atoms with van der Waals surface area (Å²) in [7, 11) is 0. The molecule has 2 aromatic carbocycles. The Kier molecular flexibility index (Phi) is 12.1. The predicted octanol–water partition coefficient (Wildman–Crippen LogP) is 5.70. The Morgan fingerprint density at radius 3 is 2.51 bits per heavy atom. The molecular formula is C40H50ClN3O7. The number of rotatable bonds is 16. The quantitative estimate of drug-likeness (QED) is 0.168. The number of nitrogens with zero attached hydrogens (tertiary/aromatic N) is 2. The molecule has 0 radical (unpaired) electrons. The number of hydrogen-bond donors (Lipinski definition) is 2. The summed E-state index contributed by atoms with van der Waals surface area (Å²) in [5.41, 5.74) is 0.601.